The van der Waals surface area contributed by atoms with Crippen molar-refractivity contribution < 1.29 is 9.53 Å². The highest BCUT2D eigenvalue weighted by Gasteiger charge is 2.14. The maximum Gasteiger partial charge on any atom is 0.255 e. The molecule has 7 heteroatoms. The van der Waals surface area contributed by atoms with Crippen LogP contribution in [0.1, 0.15) is 42.3 Å². The van der Waals surface area contributed by atoms with Crippen LogP contribution >= 0.6 is 0 Å². The van der Waals surface area contributed by atoms with Crippen LogP contribution in [0.3, 0.4) is 0 Å². The number of aromatic nitrogens is 3. The number of nitrogens with zero attached hydrogens (tertiary/aromatic N) is 4. The number of nitrogens with one attached hydrogen (secondary N) is 1. The summed E-state index contributed by atoms with van der Waals surface area (Å²) in [5.41, 5.74) is 6.89. The van der Waals surface area contributed by atoms with E-state index in [1.165, 1.54) is 5.69 Å². The molecule has 0 radical (unpaired) electrons. The molecule has 4 rings (SSSR count). The van der Waals surface area contributed by atoms with Crippen LogP contribution in [-0.4, -0.2) is 40.6 Å². The molecule has 176 valence electrons. The number of hydrogen-bond donors (Lipinski definition) is 1. The molecule has 0 atom stereocenters. The molecule has 0 aliphatic rings. The van der Waals surface area contributed by atoms with Gasteiger partial charge in [0, 0.05) is 30.0 Å². The molecule has 1 amide bonds. The number of hydrogen-bond acceptors (Lipinski definition) is 5. The highest BCUT2D eigenvalue weighted by atomic mass is 16.5. The molecule has 7 nitrogen and oxygen atoms in total. The number of benzene rings is 3. The summed E-state index contributed by atoms with van der Waals surface area (Å²) >= 11 is 0. The molecule has 3 aromatic carbocycles. The molecule has 0 saturated carbocycles. The molecule has 1 heterocycles. The van der Waals surface area contributed by atoms with E-state index >= 15 is 0 Å². The van der Waals surface area contributed by atoms with E-state index in [-0.39, 0.29) is 5.91 Å². The van der Waals surface area contributed by atoms with E-state index in [1.807, 2.05) is 38.1 Å². The zero-order valence-electron chi connectivity index (χ0n) is 20.4. The van der Waals surface area contributed by atoms with Crippen molar-refractivity contribution in [1.29, 1.82) is 0 Å². The lowest BCUT2D eigenvalue weighted by atomic mass is 10.1. The van der Waals surface area contributed by atoms with E-state index in [0.717, 1.165) is 40.9 Å². The Morgan fingerprint density at radius 3 is 2.35 bits per heavy atom. The summed E-state index contributed by atoms with van der Waals surface area (Å²) in [6.07, 6.45) is 0. The van der Waals surface area contributed by atoms with Gasteiger partial charge in [0.1, 0.15) is 16.8 Å². The predicted molar refractivity (Wildman–Crippen MR) is 137 cm³/mol. The van der Waals surface area contributed by atoms with Crippen LogP contribution in [-0.2, 0) is 0 Å². The minimum Gasteiger partial charge on any atom is -0.494 e. The number of amides is 1. The van der Waals surface area contributed by atoms with Crippen LogP contribution in [0.2, 0.25) is 0 Å². The van der Waals surface area contributed by atoms with Crippen molar-refractivity contribution in [3.05, 3.63) is 71.3 Å². The third kappa shape index (κ3) is 4.73. The molecule has 0 spiro atoms. The van der Waals surface area contributed by atoms with Gasteiger partial charge in [-0.25, -0.2) is 0 Å². The molecule has 0 bridgehead atoms. The van der Waals surface area contributed by atoms with Crippen LogP contribution in [0.15, 0.2) is 54.6 Å². The lowest BCUT2D eigenvalue weighted by Crippen LogP contribution is -2.21. The average molecular weight is 458 g/mol. The Morgan fingerprint density at radius 2 is 1.68 bits per heavy atom. The van der Waals surface area contributed by atoms with Gasteiger partial charge < -0.3 is 15.0 Å². The Morgan fingerprint density at radius 1 is 0.941 bits per heavy atom. The average Bonchev–Trinajstić information content (AvgIpc) is 3.23. The molecule has 1 N–H and O–H groups in total. The smallest absolute Gasteiger partial charge is 0.255 e. The zero-order valence-corrected chi connectivity index (χ0v) is 20.4. The lowest BCUT2D eigenvalue weighted by Gasteiger charge is -2.22. The Balaban J connectivity index is 1.61. The van der Waals surface area contributed by atoms with Gasteiger partial charge in [-0.3, -0.25) is 4.79 Å². The van der Waals surface area contributed by atoms with Crippen molar-refractivity contribution in [3.63, 3.8) is 0 Å². The highest BCUT2D eigenvalue weighted by Crippen LogP contribution is 2.25. The zero-order chi connectivity index (χ0) is 24.2. The fraction of sp³-hybridized carbons (Fsp3) is 0.296. The maximum atomic E-state index is 12.9. The summed E-state index contributed by atoms with van der Waals surface area (Å²) < 4.78 is 5.51. The number of carbonyl (C=O) groups excluding carboxylic acids is 1. The van der Waals surface area contributed by atoms with Gasteiger partial charge in [0.2, 0.25) is 0 Å². The fourth-order valence-electron chi connectivity index (χ4n) is 4.05. The van der Waals surface area contributed by atoms with Crippen LogP contribution in [0.25, 0.3) is 16.7 Å². The Hall–Kier alpha value is -3.87. The first kappa shape index (κ1) is 23.3. The van der Waals surface area contributed by atoms with E-state index in [9.17, 15) is 4.79 Å². The Kier molecular flexibility index (Phi) is 6.82. The van der Waals surface area contributed by atoms with E-state index in [0.29, 0.717) is 23.6 Å². The fourth-order valence-corrected chi connectivity index (χ4v) is 4.05. The second-order valence-electron chi connectivity index (χ2n) is 8.20. The molecule has 0 unspecified atom stereocenters. The minimum absolute atomic E-state index is 0.195. The Bertz CT molecular complexity index is 1320. The molecule has 1 aromatic heterocycles. The van der Waals surface area contributed by atoms with Gasteiger partial charge in [0.25, 0.3) is 5.91 Å². The van der Waals surface area contributed by atoms with Gasteiger partial charge in [0.15, 0.2) is 0 Å². The van der Waals surface area contributed by atoms with Crippen molar-refractivity contribution in [3.8, 4) is 11.4 Å². The molecule has 4 aromatic rings. The molecular weight excluding hydrogens is 426 g/mol. The number of anilines is 2. The first-order chi connectivity index (χ1) is 16.4. The first-order valence-electron chi connectivity index (χ1n) is 11.7. The number of ether oxygens (including phenoxy) is 1. The van der Waals surface area contributed by atoms with Gasteiger partial charge in [-0.1, -0.05) is 6.07 Å². The SMILES string of the molecule is CCOc1cccc(C(=O)Nc2cc3nn(-c4ccc(N(CC)CC)cc4C)nc3cc2C)c1. The summed E-state index contributed by atoms with van der Waals surface area (Å²) in [6.45, 7) is 12.7. The second kappa shape index (κ2) is 9.95. The standard InChI is InChI=1S/C27H31N5O2/c1-6-31(7-2)21-12-13-26(19(5)14-21)32-29-24-15-18(4)23(17-25(24)30-32)28-27(33)20-10-9-11-22(16-20)34-8-3/h9-17H,6-8H2,1-5H3,(H,28,33). The van der Waals surface area contributed by atoms with Crippen molar-refractivity contribution >= 4 is 28.3 Å². The third-order valence-electron chi connectivity index (χ3n) is 5.91. The highest BCUT2D eigenvalue weighted by molar-refractivity contribution is 6.05. The maximum absolute atomic E-state index is 12.9. The van der Waals surface area contributed by atoms with Crippen molar-refractivity contribution in [1.82, 2.24) is 15.0 Å². The molecule has 0 aliphatic carbocycles. The van der Waals surface area contributed by atoms with Crippen LogP contribution in [0.4, 0.5) is 11.4 Å². The van der Waals surface area contributed by atoms with E-state index < -0.39 is 0 Å². The van der Waals surface area contributed by atoms with Gasteiger partial charge in [0.05, 0.1) is 12.3 Å². The third-order valence-corrected chi connectivity index (χ3v) is 5.91. The first-order valence-corrected chi connectivity index (χ1v) is 11.7. The molecule has 0 saturated heterocycles. The summed E-state index contributed by atoms with van der Waals surface area (Å²) in [6, 6.07) is 17.3. The van der Waals surface area contributed by atoms with E-state index in [2.05, 4.69) is 49.2 Å². The van der Waals surface area contributed by atoms with Crippen molar-refractivity contribution in [2.24, 2.45) is 0 Å². The van der Waals surface area contributed by atoms with Crippen molar-refractivity contribution in [2.75, 3.05) is 29.9 Å². The molecule has 34 heavy (non-hydrogen) atoms. The molecule has 0 fully saturated rings. The topological polar surface area (TPSA) is 72.3 Å². The number of fused-ring (bicyclic) bond motifs is 1. The summed E-state index contributed by atoms with van der Waals surface area (Å²) in [5, 5.41) is 12.4. The van der Waals surface area contributed by atoms with Gasteiger partial charge in [-0.05, 0) is 94.3 Å². The quantitative estimate of drug-likeness (QED) is 0.376. The van der Waals surface area contributed by atoms with Crippen molar-refractivity contribution in [2.45, 2.75) is 34.6 Å². The number of aryl methyl sites for hydroxylation is 2. The van der Waals surface area contributed by atoms with Gasteiger partial charge in [-0.2, -0.15) is 4.80 Å². The summed E-state index contributed by atoms with van der Waals surface area (Å²) in [5.74, 6) is 0.479. The van der Waals surface area contributed by atoms with E-state index in [4.69, 9.17) is 14.9 Å². The summed E-state index contributed by atoms with van der Waals surface area (Å²) in [4.78, 5) is 16.8. The number of carbonyl (C=O) groups is 1. The molecule has 0 aliphatic heterocycles. The largest absolute Gasteiger partial charge is 0.494 e. The van der Waals surface area contributed by atoms with Crippen LogP contribution in [0.5, 0.6) is 5.75 Å². The van der Waals surface area contributed by atoms with Gasteiger partial charge >= 0.3 is 0 Å². The molecular formula is C27H31N5O2. The van der Waals surface area contributed by atoms with Gasteiger partial charge in [-0.15, -0.1) is 10.2 Å². The lowest BCUT2D eigenvalue weighted by molar-refractivity contribution is 0.102. The van der Waals surface area contributed by atoms with E-state index in [1.54, 1.807) is 16.9 Å². The minimum atomic E-state index is -0.195. The monoisotopic (exact) mass is 457 g/mol. The second-order valence-corrected chi connectivity index (χ2v) is 8.20. The Labute approximate surface area is 200 Å². The summed E-state index contributed by atoms with van der Waals surface area (Å²) in [7, 11) is 0. The van der Waals surface area contributed by atoms with Crippen LogP contribution in [0, 0.1) is 13.8 Å². The predicted octanol–water partition coefficient (Wildman–Crippen LogP) is 5.53. The number of rotatable bonds is 8. The normalized spacial score (nSPS) is 11.0. The van der Waals surface area contributed by atoms with Crippen LogP contribution < -0.4 is 15.0 Å².